The van der Waals surface area contributed by atoms with Crippen molar-refractivity contribution >= 4 is 34.8 Å². The largest absolute Gasteiger partial charge is 0.360 e. The summed E-state index contributed by atoms with van der Waals surface area (Å²) in [7, 11) is 0. The highest BCUT2D eigenvalue weighted by Gasteiger charge is 2.40. The summed E-state index contributed by atoms with van der Waals surface area (Å²) in [6, 6.07) is 7.94. The van der Waals surface area contributed by atoms with Crippen LogP contribution in [0.5, 0.6) is 0 Å². The molecule has 2 aliphatic heterocycles. The number of hydrogen-bond acceptors (Lipinski definition) is 4. The molecule has 6 nitrogen and oxygen atoms in total. The molecule has 32 heavy (non-hydrogen) atoms. The number of piperidine rings is 1. The highest BCUT2D eigenvalue weighted by molar-refractivity contribution is 7.80. The second-order valence-corrected chi connectivity index (χ2v) is 9.94. The number of hydrogen-bond donors (Lipinski definition) is 3. The lowest BCUT2D eigenvalue weighted by atomic mass is 9.91. The van der Waals surface area contributed by atoms with Gasteiger partial charge in [-0.15, -0.1) is 0 Å². The molecular weight excluding hydrogens is 444 g/mol. The van der Waals surface area contributed by atoms with E-state index in [-0.39, 0.29) is 5.91 Å². The number of carbonyl (C=O) groups excluding carboxylic acids is 1. The van der Waals surface area contributed by atoms with Gasteiger partial charge in [0.2, 0.25) is 0 Å². The molecule has 2 fully saturated rings. The number of hydroxylamine groups is 1. The van der Waals surface area contributed by atoms with E-state index in [4.69, 9.17) is 28.7 Å². The molecule has 3 aliphatic rings. The van der Waals surface area contributed by atoms with Crippen LogP contribution in [-0.2, 0) is 16.2 Å². The van der Waals surface area contributed by atoms with E-state index in [0.29, 0.717) is 23.3 Å². The van der Waals surface area contributed by atoms with E-state index in [9.17, 15) is 4.79 Å². The Bertz CT molecular complexity index is 829. The van der Waals surface area contributed by atoms with Crippen LogP contribution in [0.3, 0.4) is 0 Å². The number of rotatable bonds is 4. The molecule has 1 saturated carbocycles. The first kappa shape index (κ1) is 23.3. The lowest BCUT2D eigenvalue weighted by Crippen LogP contribution is -2.51. The molecule has 0 atom stereocenters. The number of nitrogens with zero attached hydrogens (tertiary/aromatic N) is 1. The van der Waals surface area contributed by atoms with E-state index >= 15 is 0 Å². The average Bonchev–Trinajstić information content (AvgIpc) is 3.19. The fraction of sp³-hybridized carbons (Fsp3) is 0.583. The Morgan fingerprint density at radius 3 is 2.47 bits per heavy atom. The van der Waals surface area contributed by atoms with Crippen molar-refractivity contribution < 1.29 is 9.63 Å². The van der Waals surface area contributed by atoms with E-state index in [1.165, 1.54) is 44.9 Å². The summed E-state index contributed by atoms with van der Waals surface area (Å²) in [4.78, 5) is 20.7. The zero-order valence-electron chi connectivity index (χ0n) is 18.5. The van der Waals surface area contributed by atoms with Gasteiger partial charge in [0.25, 0.3) is 5.91 Å². The molecule has 3 N–H and O–H groups in total. The Morgan fingerprint density at radius 2 is 1.78 bits per heavy atom. The fourth-order valence-corrected chi connectivity index (χ4v) is 5.15. The number of benzene rings is 1. The standard InChI is InChI=1S/C24H33ClN4O2S/c25-19-10-8-18(9-11-19)17-26-22(30)21-16-24(31-28-21)12-14-29(15-13-24)23(32)27-20-6-4-2-1-3-5-7-20/h8-11,16,20,28H,1-7,12-15,17H2,(H,26,30)(H,27,32). The summed E-state index contributed by atoms with van der Waals surface area (Å²) in [5, 5.41) is 8.09. The van der Waals surface area contributed by atoms with Gasteiger partial charge in [-0.05, 0) is 48.8 Å². The van der Waals surface area contributed by atoms with Crippen molar-refractivity contribution in [2.24, 2.45) is 0 Å². The summed E-state index contributed by atoms with van der Waals surface area (Å²) in [6.07, 6.45) is 12.6. The van der Waals surface area contributed by atoms with Crippen molar-refractivity contribution in [3.63, 3.8) is 0 Å². The number of likely N-dealkylation sites (tertiary alicyclic amines) is 1. The number of halogens is 1. The molecule has 0 radical (unpaired) electrons. The third kappa shape index (κ3) is 6.15. The SMILES string of the molecule is O=C(NCc1ccc(Cl)cc1)C1=CC2(CCN(C(=S)NC3CCCCCCC3)CC2)ON1. The van der Waals surface area contributed by atoms with Gasteiger partial charge in [0, 0.05) is 43.5 Å². The van der Waals surface area contributed by atoms with E-state index in [0.717, 1.165) is 36.6 Å². The van der Waals surface area contributed by atoms with Gasteiger partial charge in [-0.25, -0.2) is 0 Å². The zero-order chi connectivity index (χ0) is 22.4. The quantitative estimate of drug-likeness (QED) is 0.566. The predicted octanol–water partition coefficient (Wildman–Crippen LogP) is 4.20. The smallest absolute Gasteiger partial charge is 0.269 e. The van der Waals surface area contributed by atoms with Crippen LogP contribution < -0.4 is 16.1 Å². The molecule has 1 aromatic rings. The van der Waals surface area contributed by atoms with Crippen LogP contribution in [0.25, 0.3) is 0 Å². The summed E-state index contributed by atoms with van der Waals surface area (Å²) >= 11 is 11.6. The second-order valence-electron chi connectivity index (χ2n) is 9.11. The Kier molecular flexibility index (Phi) is 7.92. The molecule has 1 aromatic carbocycles. The van der Waals surface area contributed by atoms with Gasteiger partial charge in [0.1, 0.15) is 11.3 Å². The minimum atomic E-state index is -0.445. The molecule has 174 valence electrons. The fourth-order valence-electron chi connectivity index (χ4n) is 4.67. The number of amides is 1. The molecule has 8 heteroatoms. The molecule has 0 bridgehead atoms. The van der Waals surface area contributed by atoms with Crippen LogP contribution in [0, 0.1) is 0 Å². The molecule has 1 spiro atoms. The van der Waals surface area contributed by atoms with Gasteiger partial charge in [0.05, 0.1) is 0 Å². The highest BCUT2D eigenvalue weighted by Crippen LogP contribution is 2.32. The Balaban J connectivity index is 1.25. The summed E-state index contributed by atoms with van der Waals surface area (Å²) in [5.74, 6) is -0.166. The third-order valence-electron chi connectivity index (χ3n) is 6.71. The van der Waals surface area contributed by atoms with Crippen molar-refractivity contribution in [3.8, 4) is 0 Å². The van der Waals surface area contributed by atoms with Crippen molar-refractivity contribution in [1.29, 1.82) is 0 Å². The van der Waals surface area contributed by atoms with Gasteiger partial charge < -0.3 is 15.5 Å². The van der Waals surface area contributed by atoms with Gasteiger partial charge in [-0.2, -0.15) is 0 Å². The van der Waals surface area contributed by atoms with Crippen LogP contribution in [-0.4, -0.2) is 40.7 Å². The molecule has 1 saturated heterocycles. The maximum atomic E-state index is 12.6. The number of thiocarbonyl (C=S) groups is 1. The van der Waals surface area contributed by atoms with Gasteiger partial charge in [-0.3, -0.25) is 15.1 Å². The van der Waals surface area contributed by atoms with Crippen LogP contribution in [0.2, 0.25) is 5.02 Å². The van der Waals surface area contributed by atoms with E-state index in [2.05, 4.69) is 21.0 Å². The molecule has 2 heterocycles. The van der Waals surface area contributed by atoms with Crippen molar-refractivity contribution in [2.45, 2.75) is 76.0 Å². The third-order valence-corrected chi connectivity index (χ3v) is 7.34. The Hall–Kier alpha value is -1.83. The lowest BCUT2D eigenvalue weighted by molar-refractivity contribution is -0.120. The van der Waals surface area contributed by atoms with Crippen LogP contribution in [0.4, 0.5) is 0 Å². The van der Waals surface area contributed by atoms with Gasteiger partial charge in [-0.1, -0.05) is 55.8 Å². The molecule has 1 aliphatic carbocycles. The highest BCUT2D eigenvalue weighted by atomic mass is 35.5. The van der Waals surface area contributed by atoms with Crippen LogP contribution >= 0.6 is 23.8 Å². The van der Waals surface area contributed by atoms with Crippen molar-refractivity contribution in [2.75, 3.05) is 13.1 Å². The number of nitrogens with one attached hydrogen (secondary N) is 3. The molecular formula is C24H33ClN4O2S. The van der Waals surface area contributed by atoms with E-state index < -0.39 is 5.60 Å². The second kappa shape index (κ2) is 10.9. The first-order valence-corrected chi connectivity index (χ1v) is 12.6. The first-order chi connectivity index (χ1) is 15.5. The van der Waals surface area contributed by atoms with Gasteiger partial charge >= 0.3 is 0 Å². The minimum Gasteiger partial charge on any atom is -0.360 e. The van der Waals surface area contributed by atoms with Crippen molar-refractivity contribution in [1.82, 2.24) is 21.0 Å². The summed E-state index contributed by atoms with van der Waals surface area (Å²) in [5.41, 5.74) is 3.87. The molecule has 0 unspecified atom stereocenters. The Morgan fingerprint density at radius 1 is 1.12 bits per heavy atom. The summed E-state index contributed by atoms with van der Waals surface area (Å²) in [6.45, 7) is 2.07. The first-order valence-electron chi connectivity index (χ1n) is 11.8. The average molecular weight is 477 g/mol. The monoisotopic (exact) mass is 476 g/mol. The summed E-state index contributed by atoms with van der Waals surface area (Å²) < 4.78 is 0. The molecule has 0 aromatic heterocycles. The minimum absolute atomic E-state index is 0.166. The van der Waals surface area contributed by atoms with E-state index in [1.54, 1.807) is 0 Å². The van der Waals surface area contributed by atoms with Crippen LogP contribution in [0.15, 0.2) is 36.0 Å². The van der Waals surface area contributed by atoms with E-state index in [1.807, 2.05) is 30.3 Å². The maximum Gasteiger partial charge on any atom is 0.269 e. The van der Waals surface area contributed by atoms with Crippen molar-refractivity contribution in [3.05, 3.63) is 46.6 Å². The van der Waals surface area contributed by atoms with Crippen LogP contribution in [0.1, 0.15) is 63.4 Å². The maximum absolute atomic E-state index is 12.6. The lowest BCUT2D eigenvalue weighted by Gasteiger charge is -2.39. The number of carbonyl (C=O) groups is 1. The Labute approximate surface area is 201 Å². The normalized spacial score (nSPS) is 21.3. The molecule has 4 rings (SSSR count). The predicted molar refractivity (Wildman–Crippen MR) is 131 cm³/mol. The van der Waals surface area contributed by atoms with Gasteiger partial charge in [0.15, 0.2) is 5.11 Å². The molecule has 1 amide bonds. The zero-order valence-corrected chi connectivity index (χ0v) is 20.1. The topological polar surface area (TPSA) is 65.6 Å².